The summed E-state index contributed by atoms with van der Waals surface area (Å²) < 4.78 is 5.33. The van der Waals surface area contributed by atoms with E-state index in [0.29, 0.717) is 5.75 Å². The van der Waals surface area contributed by atoms with Crippen molar-refractivity contribution in [2.24, 2.45) is 0 Å². The number of carbonyl (C=O) groups excluding carboxylic acids is 1. The fourth-order valence-corrected chi connectivity index (χ4v) is 1.71. The third-order valence-electron chi connectivity index (χ3n) is 2.75. The maximum atomic E-state index is 11.6. The van der Waals surface area contributed by atoms with Crippen LogP contribution in [0.1, 0.15) is 18.1 Å². The zero-order valence-corrected chi connectivity index (χ0v) is 11.7. The number of hydrogen-bond acceptors (Lipinski definition) is 4. The van der Waals surface area contributed by atoms with Gasteiger partial charge in [0.05, 0.1) is 6.10 Å². The van der Waals surface area contributed by atoms with Crippen molar-refractivity contribution in [1.29, 1.82) is 0 Å². The molecule has 0 radical (unpaired) electrons. The summed E-state index contributed by atoms with van der Waals surface area (Å²) in [5.74, 6) is -1.33. The normalized spacial score (nSPS) is 13.4. The molecule has 2 atom stereocenters. The van der Waals surface area contributed by atoms with E-state index in [0.717, 1.165) is 11.1 Å². The molecular weight excluding hydrogens is 262 g/mol. The first kappa shape index (κ1) is 16.0. The molecule has 1 aromatic rings. The standard InChI is InChI=1S/C14H19NO5/c1-8-4-5-11(9(2)6-8)20-7-12(17)15-13(10(3)16)14(18)19/h4-6,10,13,16H,7H2,1-3H3,(H,15,17)(H,18,19)/t10-,13+/m1/s1. The zero-order chi connectivity index (χ0) is 15.3. The summed E-state index contributed by atoms with van der Waals surface area (Å²) in [6.07, 6.45) is -1.18. The molecule has 0 heterocycles. The van der Waals surface area contributed by atoms with Gasteiger partial charge in [0.2, 0.25) is 0 Å². The third kappa shape index (κ3) is 4.55. The van der Waals surface area contributed by atoms with Crippen LogP contribution in [-0.4, -0.2) is 40.8 Å². The summed E-state index contributed by atoms with van der Waals surface area (Å²) in [6.45, 7) is 4.80. The van der Waals surface area contributed by atoms with Crippen molar-refractivity contribution in [3.63, 3.8) is 0 Å². The topological polar surface area (TPSA) is 95.9 Å². The molecule has 110 valence electrons. The number of hydrogen-bond donors (Lipinski definition) is 3. The van der Waals surface area contributed by atoms with E-state index in [4.69, 9.17) is 9.84 Å². The van der Waals surface area contributed by atoms with E-state index >= 15 is 0 Å². The number of ether oxygens (including phenoxy) is 1. The Balaban J connectivity index is 2.57. The van der Waals surface area contributed by atoms with Gasteiger partial charge >= 0.3 is 5.97 Å². The van der Waals surface area contributed by atoms with Crippen LogP contribution in [0.2, 0.25) is 0 Å². The molecule has 1 rings (SSSR count). The molecule has 3 N–H and O–H groups in total. The lowest BCUT2D eigenvalue weighted by Gasteiger charge is -2.17. The maximum Gasteiger partial charge on any atom is 0.328 e. The Labute approximate surface area is 117 Å². The Morgan fingerprint density at radius 1 is 1.35 bits per heavy atom. The molecular formula is C14H19NO5. The molecule has 0 saturated carbocycles. The Bertz CT molecular complexity index is 498. The van der Waals surface area contributed by atoms with Crippen LogP contribution in [0, 0.1) is 13.8 Å². The number of aliphatic hydroxyl groups is 1. The first-order valence-electron chi connectivity index (χ1n) is 6.21. The first-order chi connectivity index (χ1) is 9.31. The van der Waals surface area contributed by atoms with Gasteiger partial charge < -0.3 is 20.3 Å². The molecule has 0 aliphatic heterocycles. The minimum atomic E-state index is -1.34. The van der Waals surface area contributed by atoms with Crippen LogP contribution in [0.5, 0.6) is 5.75 Å². The Morgan fingerprint density at radius 2 is 2.00 bits per heavy atom. The number of carbonyl (C=O) groups is 2. The van der Waals surface area contributed by atoms with Gasteiger partial charge in [0.25, 0.3) is 5.91 Å². The van der Waals surface area contributed by atoms with Crippen molar-refractivity contribution in [3.8, 4) is 5.75 Å². The van der Waals surface area contributed by atoms with Gasteiger partial charge in [-0.1, -0.05) is 17.7 Å². The second-order valence-electron chi connectivity index (χ2n) is 4.68. The highest BCUT2D eigenvalue weighted by molar-refractivity contribution is 5.84. The van der Waals surface area contributed by atoms with Crippen molar-refractivity contribution >= 4 is 11.9 Å². The number of rotatable bonds is 6. The van der Waals surface area contributed by atoms with E-state index < -0.39 is 24.0 Å². The van der Waals surface area contributed by atoms with Crippen LogP contribution in [0.4, 0.5) is 0 Å². The number of aliphatic carboxylic acids is 1. The highest BCUT2D eigenvalue weighted by atomic mass is 16.5. The fraction of sp³-hybridized carbons (Fsp3) is 0.429. The predicted molar refractivity (Wildman–Crippen MR) is 72.7 cm³/mol. The molecule has 0 unspecified atom stereocenters. The second-order valence-corrected chi connectivity index (χ2v) is 4.68. The van der Waals surface area contributed by atoms with Crippen molar-refractivity contribution in [2.75, 3.05) is 6.61 Å². The molecule has 6 nitrogen and oxygen atoms in total. The average molecular weight is 281 g/mol. The fourth-order valence-electron chi connectivity index (χ4n) is 1.71. The molecule has 0 bridgehead atoms. The van der Waals surface area contributed by atoms with Gasteiger partial charge in [-0.05, 0) is 32.4 Å². The van der Waals surface area contributed by atoms with E-state index in [9.17, 15) is 14.7 Å². The van der Waals surface area contributed by atoms with Crippen LogP contribution in [-0.2, 0) is 9.59 Å². The lowest BCUT2D eigenvalue weighted by molar-refractivity contribution is -0.145. The van der Waals surface area contributed by atoms with E-state index in [-0.39, 0.29) is 6.61 Å². The predicted octanol–water partition coefficient (Wildman–Crippen LogP) is 0.632. The van der Waals surface area contributed by atoms with E-state index in [1.165, 1.54) is 6.92 Å². The quantitative estimate of drug-likeness (QED) is 0.711. The molecule has 1 aromatic carbocycles. The first-order valence-corrected chi connectivity index (χ1v) is 6.21. The molecule has 20 heavy (non-hydrogen) atoms. The van der Waals surface area contributed by atoms with Crippen molar-refractivity contribution in [3.05, 3.63) is 29.3 Å². The summed E-state index contributed by atoms with van der Waals surface area (Å²) >= 11 is 0. The number of benzene rings is 1. The molecule has 0 fully saturated rings. The molecule has 1 amide bonds. The molecule has 0 aliphatic rings. The second kappa shape index (κ2) is 6.91. The summed E-state index contributed by atoms with van der Waals surface area (Å²) in [5, 5.41) is 20.3. The number of nitrogens with one attached hydrogen (secondary N) is 1. The third-order valence-corrected chi connectivity index (χ3v) is 2.75. The van der Waals surface area contributed by atoms with Crippen LogP contribution in [0.3, 0.4) is 0 Å². The summed E-state index contributed by atoms with van der Waals surface area (Å²) in [7, 11) is 0. The van der Waals surface area contributed by atoms with Crippen molar-refractivity contribution < 1.29 is 24.5 Å². The molecule has 0 spiro atoms. The number of amides is 1. The Hall–Kier alpha value is -2.08. The summed E-state index contributed by atoms with van der Waals surface area (Å²) in [6, 6.07) is 4.19. The number of carboxylic acids is 1. The van der Waals surface area contributed by atoms with Crippen molar-refractivity contribution in [1.82, 2.24) is 5.32 Å². The largest absolute Gasteiger partial charge is 0.484 e. The van der Waals surface area contributed by atoms with Crippen LogP contribution in [0.25, 0.3) is 0 Å². The Morgan fingerprint density at radius 3 is 2.50 bits per heavy atom. The summed E-state index contributed by atoms with van der Waals surface area (Å²) in [5.41, 5.74) is 1.97. The smallest absolute Gasteiger partial charge is 0.328 e. The van der Waals surface area contributed by atoms with Crippen LogP contribution in [0.15, 0.2) is 18.2 Å². The lowest BCUT2D eigenvalue weighted by Crippen LogP contribution is -2.49. The van der Waals surface area contributed by atoms with Gasteiger partial charge in [-0.25, -0.2) is 4.79 Å². The van der Waals surface area contributed by atoms with Gasteiger partial charge in [-0.2, -0.15) is 0 Å². The van der Waals surface area contributed by atoms with Crippen LogP contribution < -0.4 is 10.1 Å². The average Bonchev–Trinajstić information content (AvgIpc) is 2.34. The van der Waals surface area contributed by atoms with Gasteiger partial charge in [-0.3, -0.25) is 4.79 Å². The number of aryl methyl sites for hydroxylation is 2. The highest BCUT2D eigenvalue weighted by Crippen LogP contribution is 2.18. The van der Waals surface area contributed by atoms with E-state index in [2.05, 4.69) is 5.32 Å². The highest BCUT2D eigenvalue weighted by Gasteiger charge is 2.24. The van der Waals surface area contributed by atoms with Gasteiger partial charge in [-0.15, -0.1) is 0 Å². The van der Waals surface area contributed by atoms with Gasteiger partial charge in [0.1, 0.15) is 5.75 Å². The minimum Gasteiger partial charge on any atom is -0.484 e. The van der Waals surface area contributed by atoms with Gasteiger partial charge in [0, 0.05) is 0 Å². The van der Waals surface area contributed by atoms with E-state index in [1.807, 2.05) is 26.0 Å². The SMILES string of the molecule is Cc1ccc(OCC(=O)N[C@H](C(=O)O)[C@@H](C)O)c(C)c1. The summed E-state index contributed by atoms with van der Waals surface area (Å²) in [4.78, 5) is 22.4. The Kier molecular flexibility index (Phi) is 5.52. The van der Waals surface area contributed by atoms with Crippen molar-refractivity contribution in [2.45, 2.75) is 32.9 Å². The molecule has 0 aromatic heterocycles. The van der Waals surface area contributed by atoms with Crippen LogP contribution >= 0.6 is 0 Å². The van der Waals surface area contributed by atoms with Gasteiger partial charge in [0.15, 0.2) is 12.6 Å². The minimum absolute atomic E-state index is 0.305. The molecule has 0 aliphatic carbocycles. The number of carboxylic acid groups (broad SMARTS) is 1. The molecule has 6 heteroatoms. The maximum absolute atomic E-state index is 11.6. The zero-order valence-electron chi connectivity index (χ0n) is 11.7. The lowest BCUT2D eigenvalue weighted by atomic mass is 10.1. The van der Waals surface area contributed by atoms with E-state index in [1.54, 1.807) is 6.07 Å². The number of aliphatic hydroxyl groups excluding tert-OH is 1. The molecule has 0 saturated heterocycles. The monoisotopic (exact) mass is 281 g/mol.